The van der Waals surface area contributed by atoms with E-state index in [4.69, 9.17) is 5.73 Å². The lowest BCUT2D eigenvalue weighted by Crippen LogP contribution is -2.04. The summed E-state index contributed by atoms with van der Waals surface area (Å²) < 4.78 is 40.9. The maximum Gasteiger partial charge on any atom is 0.189 e. The molecule has 0 fully saturated rings. The number of nitrogens with zero attached hydrogens (tertiary/aromatic N) is 4. The van der Waals surface area contributed by atoms with E-state index in [1.54, 1.807) is 0 Å². The molecule has 3 aromatic rings. The normalized spacial score (nSPS) is 10.8. The fraction of sp³-hybridized carbons (Fsp3) is 0. The summed E-state index contributed by atoms with van der Waals surface area (Å²) in [6.07, 6.45) is 0. The van der Waals surface area contributed by atoms with Crippen molar-refractivity contribution in [3.05, 3.63) is 53.8 Å². The van der Waals surface area contributed by atoms with Crippen LogP contribution >= 0.6 is 0 Å². The van der Waals surface area contributed by atoms with Gasteiger partial charge < -0.3 is 5.73 Å². The van der Waals surface area contributed by atoms with Gasteiger partial charge in [-0.3, -0.25) is 0 Å². The minimum atomic E-state index is -0.829. The number of halogens is 3. The first-order valence-electron chi connectivity index (χ1n) is 5.85. The highest BCUT2D eigenvalue weighted by Gasteiger charge is 2.16. The molecule has 0 aliphatic heterocycles. The van der Waals surface area contributed by atoms with Gasteiger partial charge in [-0.15, -0.1) is 5.10 Å². The number of benzene rings is 2. The van der Waals surface area contributed by atoms with E-state index in [0.717, 1.165) is 22.9 Å². The molecule has 5 nitrogen and oxygen atoms in total. The number of rotatable bonds is 2. The average molecular weight is 291 g/mol. The van der Waals surface area contributed by atoms with E-state index < -0.39 is 17.5 Å². The third-order valence-electron chi connectivity index (χ3n) is 2.86. The number of anilines is 1. The van der Waals surface area contributed by atoms with Crippen LogP contribution in [0.2, 0.25) is 0 Å². The molecule has 0 aliphatic rings. The van der Waals surface area contributed by atoms with Crippen LogP contribution in [0.25, 0.3) is 17.1 Å². The predicted molar refractivity (Wildman–Crippen MR) is 68.9 cm³/mol. The summed E-state index contributed by atoms with van der Waals surface area (Å²) in [5.74, 6) is -1.93. The van der Waals surface area contributed by atoms with E-state index in [-0.39, 0.29) is 17.2 Å². The van der Waals surface area contributed by atoms with Crippen molar-refractivity contribution in [1.82, 2.24) is 20.2 Å². The van der Waals surface area contributed by atoms with Crippen molar-refractivity contribution in [2.45, 2.75) is 0 Å². The zero-order valence-electron chi connectivity index (χ0n) is 10.5. The van der Waals surface area contributed by atoms with Crippen LogP contribution < -0.4 is 5.73 Å². The molecule has 0 amide bonds. The monoisotopic (exact) mass is 291 g/mol. The second kappa shape index (κ2) is 4.89. The maximum absolute atomic E-state index is 13.8. The highest BCUT2D eigenvalue weighted by atomic mass is 19.1. The SMILES string of the molecule is Nc1cc(F)ccc1-c1nnnn1-c1ccc(F)cc1F. The van der Waals surface area contributed by atoms with Gasteiger partial charge in [-0.25, -0.2) is 13.2 Å². The quantitative estimate of drug-likeness (QED) is 0.736. The number of tetrazole rings is 1. The van der Waals surface area contributed by atoms with E-state index in [1.165, 1.54) is 18.2 Å². The fourth-order valence-corrected chi connectivity index (χ4v) is 1.91. The van der Waals surface area contributed by atoms with Crippen molar-refractivity contribution >= 4 is 5.69 Å². The summed E-state index contributed by atoms with van der Waals surface area (Å²) >= 11 is 0. The zero-order chi connectivity index (χ0) is 15.0. The highest BCUT2D eigenvalue weighted by molar-refractivity contribution is 5.72. The minimum absolute atomic E-state index is 0.0416. The highest BCUT2D eigenvalue weighted by Crippen LogP contribution is 2.26. The summed E-state index contributed by atoms with van der Waals surface area (Å²) in [5.41, 5.74) is 6.12. The van der Waals surface area contributed by atoms with Crippen LogP contribution in [0.15, 0.2) is 36.4 Å². The van der Waals surface area contributed by atoms with Gasteiger partial charge in [0.2, 0.25) is 0 Å². The third kappa shape index (κ3) is 2.31. The number of hydrogen-bond donors (Lipinski definition) is 1. The van der Waals surface area contributed by atoms with Crippen LogP contribution in [0.3, 0.4) is 0 Å². The van der Waals surface area contributed by atoms with Crippen molar-refractivity contribution in [1.29, 1.82) is 0 Å². The predicted octanol–water partition coefficient (Wildman–Crippen LogP) is 2.33. The van der Waals surface area contributed by atoms with Crippen LogP contribution in [0, 0.1) is 17.5 Å². The summed E-state index contributed by atoms with van der Waals surface area (Å²) in [6.45, 7) is 0. The van der Waals surface area contributed by atoms with Crippen molar-refractivity contribution in [3.8, 4) is 17.1 Å². The van der Waals surface area contributed by atoms with Crippen LogP contribution in [0.5, 0.6) is 0 Å². The van der Waals surface area contributed by atoms with Gasteiger partial charge in [0, 0.05) is 17.3 Å². The number of nitrogen functional groups attached to an aromatic ring is 1. The molecule has 0 aliphatic carbocycles. The van der Waals surface area contributed by atoms with Crippen LogP contribution in [-0.4, -0.2) is 20.2 Å². The number of hydrogen-bond acceptors (Lipinski definition) is 4. The lowest BCUT2D eigenvalue weighted by Gasteiger charge is -2.07. The van der Waals surface area contributed by atoms with Gasteiger partial charge in [0.15, 0.2) is 11.6 Å². The molecule has 0 unspecified atom stereocenters. The largest absolute Gasteiger partial charge is 0.398 e. The second-order valence-electron chi connectivity index (χ2n) is 4.24. The Morgan fingerprint density at radius 1 is 0.952 bits per heavy atom. The molecule has 106 valence electrons. The Labute approximate surface area is 116 Å². The Kier molecular flexibility index (Phi) is 3.05. The van der Waals surface area contributed by atoms with Gasteiger partial charge >= 0.3 is 0 Å². The molecular formula is C13H8F3N5. The Hall–Kier alpha value is -2.90. The molecule has 0 saturated heterocycles. The van der Waals surface area contributed by atoms with Crippen molar-refractivity contribution in [3.63, 3.8) is 0 Å². The number of aromatic nitrogens is 4. The first kappa shape index (κ1) is 13.1. The molecule has 8 heteroatoms. The standard InChI is InChI=1S/C13H8F3N5/c14-7-2-4-12(10(16)5-7)21-13(18-19-20-21)9-3-1-8(15)6-11(9)17/h1-6H,17H2. The Morgan fingerprint density at radius 2 is 1.67 bits per heavy atom. The van der Waals surface area contributed by atoms with E-state index in [1.807, 2.05) is 0 Å². The lowest BCUT2D eigenvalue weighted by molar-refractivity contribution is 0.572. The molecule has 0 atom stereocenters. The van der Waals surface area contributed by atoms with Gasteiger partial charge in [-0.2, -0.15) is 4.68 Å². The maximum atomic E-state index is 13.8. The topological polar surface area (TPSA) is 69.6 Å². The van der Waals surface area contributed by atoms with E-state index >= 15 is 0 Å². The molecule has 0 radical (unpaired) electrons. The van der Waals surface area contributed by atoms with E-state index in [9.17, 15) is 13.2 Å². The summed E-state index contributed by atoms with van der Waals surface area (Å²) in [4.78, 5) is 0. The lowest BCUT2D eigenvalue weighted by atomic mass is 10.1. The van der Waals surface area contributed by atoms with Crippen LogP contribution in [0.1, 0.15) is 0 Å². The van der Waals surface area contributed by atoms with Crippen molar-refractivity contribution < 1.29 is 13.2 Å². The second-order valence-corrected chi connectivity index (χ2v) is 4.24. The molecule has 21 heavy (non-hydrogen) atoms. The number of nitrogens with two attached hydrogens (primary N) is 1. The smallest absolute Gasteiger partial charge is 0.189 e. The molecule has 2 aromatic carbocycles. The summed E-state index contributed by atoms with van der Waals surface area (Å²) in [5, 5.41) is 10.9. The Balaban J connectivity index is 2.17. The first-order valence-corrected chi connectivity index (χ1v) is 5.85. The van der Waals surface area contributed by atoms with E-state index in [2.05, 4.69) is 15.5 Å². The van der Waals surface area contributed by atoms with Gasteiger partial charge in [-0.1, -0.05) is 0 Å². The molecule has 0 spiro atoms. The molecule has 2 N–H and O–H groups in total. The van der Waals surface area contributed by atoms with Crippen LogP contribution in [0.4, 0.5) is 18.9 Å². The van der Waals surface area contributed by atoms with Gasteiger partial charge in [0.25, 0.3) is 0 Å². The summed E-state index contributed by atoms with van der Waals surface area (Å²) in [7, 11) is 0. The van der Waals surface area contributed by atoms with E-state index in [0.29, 0.717) is 5.56 Å². The van der Waals surface area contributed by atoms with Crippen molar-refractivity contribution in [2.75, 3.05) is 5.73 Å². The Bertz CT molecular complexity index is 749. The summed E-state index contributed by atoms with van der Waals surface area (Å²) in [6, 6.07) is 6.67. The van der Waals surface area contributed by atoms with Gasteiger partial charge in [-0.05, 0) is 40.8 Å². The molecule has 0 bridgehead atoms. The fourth-order valence-electron chi connectivity index (χ4n) is 1.91. The molecule has 1 heterocycles. The first-order chi connectivity index (χ1) is 10.1. The molecule has 0 saturated carbocycles. The van der Waals surface area contributed by atoms with Gasteiger partial charge in [0.05, 0.1) is 0 Å². The minimum Gasteiger partial charge on any atom is -0.398 e. The van der Waals surface area contributed by atoms with Crippen LogP contribution in [-0.2, 0) is 0 Å². The zero-order valence-corrected chi connectivity index (χ0v) is 10.5. The molecule has 3 rings (SSSR count). The third-order valence-corrected chi connectivity index (χ3v) is 2.86. The van der Waals surface area contributed by atoms with Gasteiger partial charge in [0.1, 0.15) is 17.3 Å². The van der Waals surface area contributed by atoms with Crippen molar-refractivity contribution in [2.24, 2.45) is 0 Å². The average Bonchev–Trinajstić information content (AvgIpc) is 2.87. The molecule has 1 aromatic heterocycles. The molecular weight excluding hydrogens is 283 g/mol. The Morgan fingerprint density at radius 3 is 2.38 bits per heavy atom.